The Morgan fingerprint density at radius 3 is 2.63 bits per heavy atom. The number of benzene rings is 2. The predicted octanol–water partition coefficient (Wildman–Crippen LogP) is 3.36. The predicted molar refractivity (Wildman–Crippen MR) is 80.6 cm³/mol. The molecule has 2 aromatic rings. The quantitative estimate of drug-likeness (QED) is 0.929. The van der Waals surface area contributed by atoms with Crippen molar-refractivity contribution < 1.29 is 4.74 Å². The average molecular weight is 271 g/mol. The van der Waals surface area contributed by atoms with E-state index in [1.54, 1.807) is 0 Å². The Morgan fingerprint density at radius 1 is 1.05 bits per heavy atom. The van der Waals surface area contributed by atoms with Crippen molar-refractivity contribution >= 4 is 11.8 Å². The second-order valence-corrected chi connectivity index (χ2v) is 5.78. The van der Waals surface area contributed by atoms with Gasteiger partial charge in [-0.2, -0.15) is 0 Å². The van der Waals surface area contributed by atoms with Crippen molar-refractivity contribution in [3.05, 3.63) is 65.2 Å². The largest absolute Gasteiger partial charge is 0.489 e. The summed E-state index contributed by atoms with van der Waals surface area (Å²) < 4.78 is 5.94. The molecule has 0 bridgehead atoms. The lowest BCUT2D eigenvalue weighted by Crippen LogP contribution is -2.06. The van der Waals surface area contributed by atoms with Crippen molar-refractivity contribution in [2.75, 3.05) is 12.3 Å². The van der Waals surface area contributed by atoms with E-state index in [1.165, 1.54) is 16.7 Å². The molecule has 0 saturated heterocycles. The first-order chi connectivity index (χ1) is 9.40. The first kappa shape index (κ1) is 12.6. The number of hydrogen-bond donors (Lipinski definition) is 1. The molecule has 3 heteroatoms. The van der Waals surface area contributed by atoms with E-state index in [2.05, 4.69) is 42.5 Å². The number of nitrogens with two attached hydrogens (primary N) is 1. The fourth-order valence-corrected chi connectivity index (χ4v) is 3.59. The number of para-hydroxylation sites is 1. The maximum Gasteiger partial charge on any atom is 0.124 e. The van der Waals surface area contributed by atoms with Crippen LogP contribution in [0.3, 0.4) is 0 Å². The molecule has 0 saturated carbocycles. The van der Waals surface area contributed by atoms with E-state index in [4.69, 9.17) is 10.5 Å². The molecule has 2 aromatic carbocycles. The monoisotopic (exact) mass is 271 g/mol. The van der Waals surface area contributed by atoms with Crippen molar-refractivity contribution in [3.63, 3.8) is 0 Å². The normalized spacial score (nSPS) is 17.0. The Balaban J connectivity index is 2.08. The van der Waals surface area contributed by atoms with Gasteiger partial charge in [-0.15, -0.1) is 11.8 Å². The zero-order chi connectivity index (χ0) is 13.1. The fraction of sp³-hybridized carbons (Fsp3) is 0.250. The first-order valence-corrected chi connectivity index (χ1v) is 7.56. The van der Waals surface area contributed by atoms with Gasteiger partial charge in [0.05, 0.1) is 5.25 Å². The van der Waals surface area contributed by atoms with Crippen LogP contribution in [0.5, 0.6) is 5.75 Å². The Labute approximate surface area is 118 Å². The fourth-order valence-electron chi connectivity index (χ4n) is 2.44. The van der Waals surface area contributed by atoms with Gasteiger partial charge in [0, 0.05) is 17.9 Å². The van der Waals surface area contributed by atoms with Crippen molar-refractivity contribution in [3.8, 4) is 5.75 Å². The van der Waals surface area contributed by atoms with Crippen molar-refractivity contribution in [2.24, 2.45) is 5.73 Å². The lowest BCUT2D eigenvalue weighted by Gasteiger charge is -2.18. The molecular weight excluding hydrogens is 254 g/mol. The highest BCUT2D eigenvalue weighted by molar-refractivity contribution is 7.99. The molecule has 3 rings (SSSR count). The van der Waals surface area contributed by atoms with Crippen LogP contribution in [-0.4, -0.2) is 12.3 Å². The van der Waals surface area contributed by atoms with Crippen LogP contribution in [0.2, 0.25) is 0 Å². The molecule has 0 fully saturated rings. The molecule has 0 spiro atoms. The van der Waals surface area contributed by atoms with Gasteiger partial charge in [-0.05, 0) is 17.2 Å². The van der Waals surface area contributed by atoms with E-state index in [-0.39, 0.29) is 0 Å². The van der Waals surface area contributed by atoms with Gasteiger partial charge >= 0.3 is 0 Å². The van der Waals surface area contributed by atoms with Gasteiger partial charge in [-0.25, -0.2) is 0 Å². The SMILES string of the molecule is NCCSC1c2ccccc2COc2ccccc21. The average Bonchev–Trinajstić information content (AvgIpc) is 2.62. The number of ether oxygens (including phenoxy) is 1. The van der Waals surface area contributed by atoms with Crippen molar-refractivity contribution in [2.45, 2.75) is 11.9 Å². The van der Waals surface area contributed by atoms with Crippen molar-refractivity contribution in [1.82, 2.24) is 0 Å². The zero-order valence-corrected chi connectivity index (χ0v) is 11.5. The molecule has 0 aromatic heterocycles. The minimum Gasteiger partial charge on any atom is -0.489 e. The molecule has 1 unspecified atom stereocenters. The molecule has 0 radical (unpaired) electrons. The molecule has 98 valence electrons. The Bertz CT molecular complexity index is 523. The Morgan fingerprint density at radius 2 is 1.79 bits per heavy atom. The molecule has 1 aliphatic rings. The molecule has 0 aliphatic carbocycles. The molecular formula is C16H17NOS. The number of rotatable bonds is 3. The maximum atomic E-state index is 5.94. The third kappa shape index (κ3) is 2.48. The third-order valence-corrected chi connectivity index (χ3v) is 4.64. The van der Waals surface area contributed by atoms with Crippen LogP contribution in [0, 0.1) is 0 Å². The summed E-state index contributed by atoms with van der Waals surface area (Å²) in [5, 5.41) is 0.318. The highest BCUT2D eigenvalue weighted by Gasteiger charge is 2.24. The maximum absolute atomic E-state index is 5.94. The van der Waals surface area contributed by atoms with E-state index in [0.29, 0.717) is 18.4 Å². The molecule has 0 amide bonds. The smallest absolute Gasteiger partial charge is 0.124 e. The Kier molecular flexibility index (Phi) is 3.76. The molecule has 1 heterocycles. The van der Waals surface area contributed by atoms with Gasteiger partial charge in [0.1, 0.15) is 12.4 Å². The van der Waals surface area contributed by atoms with E-state index < -0.39 is 0 Å². The summed E-state index contributed by atoms with van der Waals surface area (Å²) in [6.07, 6.45) is 0. The van der Waals surface area contributed by atoms with Crippen LogP contribution in [-0.2, 0) is 6.61 Å². The van der Waals surface area contributed by atoms with Gasteiger partial charge in [-0.3, -0.25) is 0 Å². The van der Waals surface area contributed by atoms with E-state index in [0.717, 1.165) is 11.5 Å². The highest BCUT2D eigenvalue weighted by Crippen LogP contribution is 2.43. The molecule has 1 aliphatic heterocycles. The molecule has 2 N–H and O–H groups in total. The van der Waals surface area contributed by atoms with Crippen LogP contribution < -0.4 is 10.5 Å². The third-order valence-electron chi connectivity index (χ3n) is 3.32. The summed E-state index contributed by atoms with van der Waals surface area (Å²) in [4.78, 5) is 0. The van der Waals surface area contributed by atoms with Crippen LogP contribution >= 0.6 is 11.8 Å². The van der Waals surface area contributed by atoms with E-state index >= 15 is 0 Å². The molecule has 19 heavy (non-hydrogen) atoms. The second-order valence-electron chi connectivity index (χ2n) is 4.56. The molecule has 1 atom stereocenters. The van der Waals surface area contributed by atoms with Gasteiger partial charge in [0.15, 0.2) is 0 Å². The molecule has 2 nitrogen and oxygen atoms in total. The van der Waals surface area contributed by atoms with Crippen LogP contribution in [0.15, 0.2) is 48.5 Å². The summed E-state index contributed by atoms with van der Waals surface area (Å²) in [6.45, 7) is 1.35. The van der Waals surface area contributed by atoms with Gasteiger partial charge < -0.3 is 10.5 Å². The Hall–Kier alpha value is -1.45. The number of fused-ring (bicyclic) bond motifs is 2. The minimum atomic E-state index is 0.318. The highest BCUT2D eigenvalue weighted by atomic mass is 32.2. The standard InChI is InChI=1S/C16H17NOS/c17-9-10-19-16-13-6-2-1-5-12(13)11-18-15-8-4-3-7-14(15)16/h1-8,16H,9-11,17H2. The minimum absolute atomic E-state index is 0.318. The topological polar surface area (TPSA) is 35.2 Å². The van der Waals surface area contributed by atoms with E-state index in [9.17, 15) is 0 Å². The van der Waals surface area contributed by atoms with Crippen LogP contribution in [0.25, 0.3) is 0 Å². The number of thioether (sulfide) groups is 1. The van der Waals surface area contributed by atoms with E-state index in [1.807, 2.05) is 17.8 Å². The van der Waals surface area contributed by atoms with Crippen LogP contribution in [0.4, 0.5) is 0 Å². The van der Waals surface area contributed by atoms with Gasteiger partial charge in [-0.1, -0.05) is 42.5 Å². The van der Waals surface area contributed by atoms with Crippen LogP contribution in [0.1, 0.15) is 21.9 Å². The van der Waals surface area contributed by atoms with Gasteiger partial charge in [0.25, 0.3) is 0 Å². The first-order valence-electron chi connectivity index (χ1n) is 6.51. The lowest BCUT2D eigenvalue weighted by molar-refractivity contribution is 0.307. The summed E-state index contributed by atoms with van der Waals surface area (Å²) in [5.74, 6) is 1.95. The summed E-state index contributed by atoms with van der Waals surface area (Å²) in [5.41, 5.74) is 9.55. The second kappa shape index (κ2) is 5.68. The van der Waals surface area contributed by atoms with Crippen molar-refractivity contribution in [1.29, 1.82) is 0 Å². The summed E-state index contributed by atoms with van der Waals surface area (Å²) in [7, 11) is 0. The zero-order valence-electron chi connectivity index (χ0n) is 10.7. The summed E-state index contributed by atoms with van der Waals surface area (Å²) >= 11 is 1.89. The van der Waals surface area contributed by atoms with Gasteiger partial charge in [0.2, 0.25) is 0 Å². The lowest BCUT2D eigenvalue weighted by atomic mass is 10.0. The summed E-state index contributed by atoms with van der Waals surface area (Å²) in [6, 6.07) is 16.8. The number of hydrogen-bond acceptors (Lipinski definition) is 3.